The highest BCUT2D eigenvalue weighted by Crippen LogP contribution is 2.33. The number of rotatable bonds is 4. The van der Waals surface area contributed by atoms with E-state index in [0.717, 1.165) is 11.1 Å². The van der Waals surface area contributed by atoms with Gasteiger partial charge in [0.25, 0.3) is 5.91 Å². The fourth-order valence-corrected chi connectivity index (χ4v) is 3.54. The zero-order chi connectivity index (χ0) is 22.2. The standard InChI is InChI=1S/C23H18FN7O/c1-14-10-15(5-6-17(14)24)21-22(31-20(29-21)4-3-8-27-31)16-7-9-26-19(11-16)28-23(32)18-12-25-13-30(18)2/h3-13H,1-2H3,(H,26,28,32). The molecule has 0 aliphatic carbocycles. The number of imidazole rings is 2. The van der Waals surface area contributed by atoms with Crippen molar-refractivity contribution in [3.8, 4) is 22.5 Å². The quantitative estimate of drug-likeness (QED) is 0.470. The molecule has 0 aliphatic rings. The maximum absolute atomic E-state index is 13.9. The lowest BCUT2D eigenvalue weighted by Crippen LogP contribution is -2.16. The van der Waals surface area contributed by atoms with Crippen molar-refractivity contribution in [2.24, 2.45) is 7.05 Å². The summed E-state index contributed by atoms with van der Waals surface area (Å²) in [4.78, 5) is 25.6. The first-order valence-corrected chi connectivity index (χ1v) is 9.85. The van der Waals surface area contributed by atoms with Crippen molar-refractivity contribution in [3.63, 3.8) is 0 Å². The molecule has 4 heterocycles. The minimum absolute atomic E-state index is 0.277. The Balaban J connectivity index is 1.62. The Morgan fingerprint density at radius 2 is 1.97 bits per heavy atom. The van der Waals surface area contributed by atoms with Crippen molar-refractivity contribution in [1.82, 2.24) is 29.1 Å². The van der Waals surface area contributed by atoms with Gasteiger partial charge >= 0.3 is 0 Å². The molecule has 0 saturated heterocycles. The molecule has 0 unspecified atom stereocenters. The van der Waals surface area contributed by atoms with Crippen molar-refractivity contribution in [2.75, 3.05) is 5.32 Å². The van der Waals surface area contributed by atoms with E-state index in [0.29, 0.717) is 34.1 Å². The smallest absolute Gasteiger partial charge is 0.275 e. The van der Waals surface area contributed by atoms with Gasteiger partial charge in [0, 0.05) is 30.6 Å². The summed E-state index contributed by atoms with van der Waals surface area (Å²) in [7, 11) is 1.74. The zero-order valence-electron chi connectivity index (χ0n) is 17.3. The highest BCUT2D eigenvalue weighted by atomic mass is 19.1. The van der Waals surface area contributed by atoms with Gasteiger partial charge in [-0.25, -0.2) is 23.9 Å². The van der Waals surface area contributed by atoms with Crippen molar-refractivity contribution in [1.29, 1.82) is 0 Å². The largest absolute Gasteiger partial charge is 0.330 e. The van der Waals surface area contributed by atoms with Crippen LogP contribution in [0.25, 0.3) is 28.2 Å². The van der Waals surface area contributed by atoms with E-state index < -0.39 is 0 Å². The van der Waals surface area contributed by atoms with Gasteiger partial charge in [0.05, 0.1) is 18.2 Å². The lowest BCUT2D eigenvalue weighted by Gasteiger charge is -2.09. The summed E-state index contributed by atoms with van der Waals surface area (Å²) in [6, 6.07) is 12.1. The van der Waals surface area contributed by atoms with E-state index in [9.17, 15) is 9.18 Å². The second-order valence-corrected chi connectivity index (χ2v) is 7.34. The molecule has 8 nitrogen and oxygen atoms in total. The van der Waals surface area contributed by atoms with E-state index in [4.69, 9.17) is 4.98 Å². The molecule has 5 aromatic rings. The molecule has 0 bridgehead atoms. The van der Waals surface area contributed by atoms with Crippen LogP contribution in [0.2, 0.25) is 0 Å². The molecule has 9 heteroatoms. The lowest BCUT2D eigenvalue weighted by atomic mass is 10.0. The van der Waals surface area contributed by atoms with Gasteiger partial charge in [-0.05, 0) is 55.0 Å². The molecule has 0 aliphatic heterocycles. The number of nitrogens with zero attached hydrogens (tertiary/aromatic N) is 6. The van der Waals surface area contributed by atoms with Crippen LogP contribution in [0.1, 0.15) is 16.1 Å². The molecule has 32 heavy (non-hydrogen) atoms. The van der Waals surface area contributed by atoms with Gasteiger partial charge < -0.3 is 9.88 Å². The van der Waals surface area contributed by atoms with Crippen molar-refractivity contribution < 1.29 is 9.18 Å². The first-order valence-electron chi connectivity index (χ1n) is 9.85. The maximum atomic E-state index is 13.9. The summed E-state index contributed by atoms with van der Waals surface area (Å²) < 4.78 is 17.2. The number of aromatic nitrogens is 6. The normalized spacial score (nSPS) is 11.1. The molecule has 0 atom stereocenters. The summed E-state index contributed by atoms with van der Waals surface area (Å²) in [5.41, 5.74) is 4.47. The molecule has 158 valence electrons. The number of hydrogen-bond acceptors (Lipinski definition) is 5. The molecule has 1 N–H and O–H groups in total. The van der Waals surface area contributed by atoms with Crippen LogP contribution in [0.3, 0.4) is 0 Å². The molecular weight excluding hydrogens is 409 g/mol. The summed E-state index contributed by atoms with van der Waals surface area (Å²) in [6.07, 6.45) is 6.32. The fourth-order valence-electron chi connectivity index (χ4n) is 3.54. The Kier molecular flexibility index (Phi) is 4.70. The van der Waals surface area contributed by atoms with E-state index in [1.54, 1.807) is 66.0 Å². The number of hydrogen-bond donors (Lipinski definition) is 1. The van der Waals surface area contributed by atoms with E-state index >= 15 is 0 Å². The van der Waals surface area contributed by atoms with E-state index in [-0.39, 0.29) is 11.7 Å². The molecular formula is C23H18FN7O. The van der Waals surface area contributed by atoms with Crippen LogP contribution in [-0.4, -0.2) is 35.0 Å². The zero-order valence-corrected chi connectivity index (χ0v) is 17.3. The predicted molar refractivity (Wildman–Crippen MR) is 118 cm³/mol. The van der Waals surface area contributed by atoms with Gasteiger partial charge in [-0.3, -0.25) is 4.79 Å². The van der Waals surface area contributed by atoms with Crippen LogP contribution in [-0.2, 0) is 7.05 Å². The predicted octanol–water partition coefficient (Wildman–Crippen LogP) is 3.89. The summed E-state index contributed by atoms with van der Waals surface area (Å²) in [5.74, 6) is -0.220. The average molecular weight is 427 g/mol. The Labute approximate surface area is 182 Å². The minimum atomic E-state index is -0.319. The van der Waals surface area contributed by atoms with Crippen molar-refractivity contribution in [3.05, 3.63) is 84.5 Å². The first kappa shape index (κ1) is 19.6. The molecule has 1 amide bonds. The van der Waals surface area contributed by atoms with Gasteiger partial charge in [-0.1, -0.05) is 0 Å². The molecule has 4 aromatic heterocycles. The van der Waals surface area contributed by atoms with Crippen LogP contribution in [0.5, 0.6) is 0 Å². The number of carbonyl (C=O) groups is 1. The second-order valence-electron chi connectivity index (χ2n) is 7.34. The number of fused-ring (bicyclic) bond motifs is 1. The lowest BCUT2D eigenvalue weighted by molar-refractivity contribution is 0.101. The van der Waals surface area contributed by atoms with Crippen LogP contribution in [0, 0.1) is 12.7 Å². The average Bonchev–Trinajstić information content (AvgIpc) is 3.39. The Bertz CT molecular complexity index is 1470. The van der Waals surface area contributed by atoms with Gasteiger partial charge in [0.15, 0.2) is 5.65 Å². The molecule has 0 radical (unpaired) electrons. The number of amides is 1. The van der Waals surface area contributed by atoms with Gasteiger partial charge in [0.2, 0.25) is 0 Å². The maximum Gasteiger partial charge on any atom is 0.275 e. The molecule has 0 spiro atoms. The van der Waals surface area contributed by atoms with Crippen LogP contribution < -0.4 is 5.32 Å². The Morgan fingerprint density at radius 3 is 2.75 bits per heavy atom. The third kappa shape index (κ3) is 3.39. The van der Waals surface area contributed by atoms with Crippen molar-refractivity contribution in [2.45, 2.75) is 6.92 Å². The third-order valence-electron chi connectivity index (χ3n) is 5.15. The molecule has 0 saturated carbocycles. The number of pyridine rings is 1. The van der Waals surface area contributed by atoms with Gasteiger partial charge in [-0.15, -0.1) is 0 Å². The summed E-state index contributed by atoms with van der Waals surface area (Å²) >= 11 is 0. The number of benzene rings is 1. The molecule has 1 aromatic carbocycles. The topological polar surface area (TPSA) is 90.0 Å². The van der Waals surface area contributed by atoms with E-state index in [1.165, 1.54) is 12.3 Å². The van der Waals surface area contributed by atoms with Crippen LogP contribution in [0.4, 0.5) is 10.2 Å². The summed E-state index contributed by atoms with van der Waals surface area (Å²) in [5, 5.41) is 7.25. The van der Waals surface area contributed by atoms with E-state index in [1.807, 2.05) is 12.1 Å². The highest BCUT2D eigenvalue weighted by molar-refractivity contribution is 6.02. The monoisotopic (exact) mass is 427 g/mol. The number of aryl methyl sites for hydroxylation is 2. The van der Waals surface area contributed by atoms with Crippen LogP contribution >= 0.6 is 0 Å². The number of nitrogens with one attached hydrogen (secondary N) is 1. The first-order chi connectivity index (χ1) is 15.5. The second kappa shape index (κ2) is 7.69. The summed E-state index contributed by atoms with van der Waals surface area (Å²) in [6.45, 7) is 1.71. The molecule has 0 fully saturated rings. The highest BCUT2D eigenvalue weighted by Gasteiger charge is 2.19. The number of anilines is 1. The SMILES string of the molecule is Cc1cc(-c2nc3cccnn3c2-c2ccnc(NC(=O)c3cncn3C)c2)ccc1F. The Hall–Kier alpha value is -4.40. The number of carbonyl (C=O) groups excluding carboxylic acids is 1. The van der Waals surface area contributed by atoms with Gasteiger partial charge in [-0.2, -0.15) is 5.10 Å². The molecule has 5 rings (SSSR count). The van der Waals surface area contributed by atoms with Gasteiger partial charge in [0.1, 0.15) is 23.0 Å². The Morgan fingerprint density at radius 1 is 1.09 bits per heavy atom. The van der Waals surface area contributed by atoms with Crippen LogP contribution in [0.15, 0.2) is 67.4 Å². The third-order valence-corrected chi connectivity index (χ3v) is 5.15. The van der Waals surface area contributed by atoms with Crippen molar-refractivity contribution >= 4 is 17.4 Å². The fraction of sp³-hybridized carbons (Fsp3) is 0.0870. The number of halogens is 1. The minimum Gasteiger partial charge on any atom is -0.330 e. The van der Waals surface area contributed by atoms with E-state index in [2.05, 4.69) is 20.4 Å².